The van der Waals surface area contributed by atoms with Gasteiger partial charge in [-0.05, 0) is 19.4 Å². The van der Waals surface area contributed by atoms with Gasteiger partial charge in [0, 0.05) is 38.2 Å². The zero-order chi connectivity index (χ0) is 13.7. The molecule has 0 aliphatic rings. The maximum atomic E-state index is 11.9. The Morgan fingerprint density at radius 3 is 2.79 bits per heavy atom. The Bertz CT molecular complexity index is 603. The molecule has 1 N–H and O–H groups in total. The lowest BCUT2D eigenvalue weighted by molar-refractivity contribution is 0.552. The number of sulfonamides is 1. The summed E-state index contributed by atoms with van der Waals surface area (Å²) >= 11 is 0. The predicted octanol–water partition coefficient (Wildman–Crippen LogP) is 0.468. The highest BCUT2D eigenvalue weighted by Crippen LogP contribution is 2.06. The summed E-state index contributed by atoms with van der Waals surface area (Å²) in [5, 5.41) is 8.00. The first-order chi connectivity index (χ1) is 9.12. The molecule has 2 aromatic heterocycles. The molecular formula is C11H17N5O2S. The van der Waals surface area contributed by atoms with E-state index in [1.807, 2.05) is 19.2 Å². The highest BCUT2D eigenvalue weighted by molar-refractivity contribution is 7.89. The summed E-state index contributed by atoms with van der Waals surface area (Å²) in [5.74, 6) is 0. The van der Waals surface area contributed by atoms with E-state index in [9.17, 15) is 8.42 Å². The summed E-state index contributed by atoms with van der Waals surface area (Å²) in [7, 11) is -3.45. The van der Waals surface area contributed by atoms with Gasteiger partial charge in [0.1, 0.15) is 4.90 Å². The fraction of sp³-hybridized carbons (Fsp3) is 0.455. The van der Waals surface area contributed by atoms with Crippen LogP contribution in [0.2, 0.25) is 0 Å². The van der Waals surface area contributed by atoms with Crippen LogP contribution in [-0.2, 0) is 23.1 Å². The Labute approximate surface area is 112 Å². The summed E-state index contributed by atoms with van der Waals surface area (Å²) < 4.78 is 29.8. The van der Waals surface area contributed by atoms with Gasteiger partial charge in [0.15, 0.2) is 0 Å². The van der Waals surface area contributed by atoms with E-state index in [1.54, 1.807) is 15.6 Å². The number of hydrogen-bond acceptors (Lipinski definition) is 4. The molecule has 0 fully saturated rings. The molecule has 19 heavy (non-hydrogen) atoms. The van der Waals surface area contributed by atoms with Crippen LogP contribution in [0.3, 0.4) is 0 Å². The van der Waals surface area contributed by atoms with Gasteiger partial charge in [0.25, 0.3) is 0 Å². The Morgan fingerprint density at radius 1 is 1.32 bits per heavy atom. The molecule has 0 amide bonds. The van der Waals surface area contributed by atoms with Crippen LogP contribution in [0.25, 0.3) is 0 Å². The average molecular weight is 283 g/mol. The molecular weight excluding hydrogens is 266 g/mol. The third-order valence-electron chi connectivity index (χ3n) is 2.66. The van der Waals surface area contributed by atoms with Gasteiger partial charge in [-0.3, -0.25) is 9.36 Å². The van der Waals surface area contributed by atoms with Gasteiger partial charge in [-0.25, -0.2) is 13.1 Å². The maximum absolute atomic E-state index is 11.9. The second kappa shape index (κ2) is 5.98. The van der Waals surface area contributed by atoms with E-state index in [0.29, 0.717) is 26.1 Å². The minimum Gasteiger partial charge on any atom is -0.273 e. The standard InChI is InChI=1S/C11H17N5O2S/c1-2-15-10-11(9-13-15)19(17,18)14-6-4-8-16-7-3-5-12-16/h3,5,7,9-10,14H,2,4,6,8H2,1H3. The van der Waals surface area contributed by atoms with Gasteiger partial charge in [-0.15, -0.1) is 0 Å². The number of nitrogens with zero attached hydrogens (tertiary/aromatic N) is 4. The minimum atomic E-state index is -3.45. The van der Waals surface area contributed by atoms with E-state index >= 15 is 0 Å². The predicted molar refractivity (Wildman–Crippen MR) is 69.9 cm³/mol. The lowest BCUT2D eigenvalue weighted by Crippen LogP contribution is -2.25. The third-order valence-corrected chi connectivity index (χ3v) is 4.07. The summed E-state index contributed by atoms with van der Waals surface area (Å²) in [4.78, 5) is 0.202. The molecule has 0 aliphatic heterocycles. The van der Waals surface area contributed by atoms with Crippen LogP contribution >= 0.6 is 0 Å². The topological polar surface area (TPSA) is 81.8 Å². The van der Waals surface area contributed by atoms with Crippen molar-refractivity contribution in [1.82, 2.24) is 24.3 Å². The zero-order valence-electron chi connectivity index (χ0n) is 10.7. The lowest BCUT2D eigenvalue weighted by atomic mass is 10.4. The Kier molecular flexibility index (Phi) is 4.33. The maximum Gasteiger partial charge on any atom is 0.243 e. The molecule has 2 aromatic rings. The molecule has 0 saturated carbocycles. The number of rotatable bonds is 7. The molecule has 104 valence electrons. The summed E-state index contributed by atoms with van der Waals surface area (Å²) in [6.07, 6.45) is 7.11. The Balaban J connectivity index is 1.84. The SMILES string of the molecule is CCn1cc(S(=O)(=O)NCCCn2cccn2)cn1. The molecule has 0 aromatic carbocycles. The molecule has 0 radical (unpaired) electrons. The highest BCUT2D eigenvalue weighted by Gasteiger charge is 2.15. The van der Waals surface area contributed by atoms with Crippen LogP contribution in [0.15, 0.2) is 35.7 Å². The van der Waals surface area contributed by atoms with Crippen molar-refractivity contribution in [2.75, 3.05) is 6.54 Å². The third kappa shape index (κ3) is 3.65. The summed E-state index contributed by atoms with van der Waals surface area (Å²) in [6.45, 7) is 3.61. The van der Waals surface area contributed by atoms with E-state index < -0.39 is 10.0 Å². The van der Waals surface area contributed by atoms with Crippen LogP contribution in [0, 0.1) is 0 Å². The molecule has 2 rings (SSSR count). The van der Waals surface area contributed by atoms with E-state index in [1.165, 1.54) is 12.4 Å². The fourth-order valence-electron chi connectivity index (χ4n) is 1.62. The second-order valence-electron chi connectivity index (χ2n) is 4.05. The molecule has 7 nitrogen and oxygen atoms in total. The van der Waals surface area contributed by atoms with Crippen LogP contribution in [0.1, 0.15) is 13.3 Å². The summed E-state index contributed by atoms with van der Waals surface area (Å²) in [5.41, 5.74) is 0. The van der Waals surface area contributed by atoms with Crippen molar-refractivity contribution < 1.29 is 8.42 Å². The van der Waals surface area contributed by atoms with Crippen molar-refractivity contribution >= 4 is 10.0 Å². The van der Waals surface area contributed by atoms with Gasteiger partial charge < -0.3 is 0 Å². The number of aryl methyl sites for hydroxylation is 2. The van der Waals surface area contributed by atoms with Gasteiger partial charge in [0.2, 0.25) is 10.0 Å². The molecule has 2 heterocycles. The monoisotopic (exact) mass is 283 g/mol. The molecule has 8 heteroatoms. The number of aromatic nitrogens is 4. The fourth-order valence-corrected chi connectivity index (χ4v) is 2.65. The quantitative estimate of drug-likeness (QED) is 0.749. The molecule has 0 unspecified atom stereocenters. The molecule has 0 bridgehead atoms. The molecule has 0 atom stereocenters. The smallest absolute Gasteiger partial charge is 0.243 e. The minimum absolute atomic E-state index is 0.202. The lowest BCUT2D eigenvalue weighted by Gasteiger charge is -2.04. The van der Waals surface area contributed by atoms with E-state index in [-0.39, 0.29) is 4.90 Å². The van der Waals surface area contributed by atoms with Crippen LogP contribution in [-0.4, -0.2) is 34.5 Å². The normalized spacial score (nSPS) is 11.8. The summed E-state index contributed by atoms with van der Waals surface area (Å²) in [6, 6.07) is 1.84. The van der Waals surface area contributed by atoms with Gasteiger partial charge in [-0.1, -0.05) is 0 Å². The van der Waals surface area contributed by atoms with Crippen molar-refractivity contribution in [2.45, 2.75) is 31.3 Å². The Morgan fingerprint density at radius 2 is 2.16 bits per heavy atom. The van der Waals surface area contributed by atoms with Crippen molar-refractivity contribution in [3.8, 4) is 0 Å². The van der Waals surface area contributed by atoms with E-state index in [2.05, 4.69) is 14.9 Å². The Hall–Kier alpha value is -1.67. The first-order valence-corrected chi connectivity index (χ1v) is 7.59. The van der Waals surface area contributed by atoms with Gasteiger partial charge >= 0.3 is 0 Å². The molecule has 0 saturated heterocycles. The van der Waals surface area contributed by atoms with Crippen molar-refractivity contribution in [3.05, 3.63) is 30.9 Å². The first-order valence-electron chi connectivity index (χ1n) is 6.11. The second-order valence-corrected chi connectivity index (χ2v) is 5.82. The molecule has 0 aliphatic carbocycles. The van der Waals surface area contributed by atoms with E-state index in [4.69, 9.17) is 0 Å². The van der Waals surface area contributed by atoms with Crippen LogP contribution < -0.4 is 4.72 Å². The van der Waals surface area contributed by atoms with Gasteiger partial charge in [-0.2, -0.15) is 10.2 Å². The van der Waals surface area contributed by atoms with Crippen LogP contribution in [0.4, 0.5) is 0 Å². The van der Waals surface area contributed by atoms with Crippen molar-refractivity contribution in [2.24, 2.45) is 0 Å². The first kappa shape index (κ1) is 13.8. The number of nitrogens with one attached hydrogen (secondary N) is 1. The largest absolute Gasteiger partial charge is 0.273 e. The number of hydrogen-bond donors (Lipinski definition) is 1. The molecule has 0 spiro atoms. The van der Waals surface area contributed by atoms with Gasteiger partial charge in [0.05, 0.1) is 6.20 Å². The highest BCUT2D eigenvalue weighted by atomic mass is 32.2. The van der Waals surface area contributed by atoms with Crippen molar-refractivity contribution in [3.63, 3.8) is 0 Å². The zero-order valence-corrected chi connectivity index (χ0v) is 11.5. The average Bonchev–Trinajstić information content (AvgIpc) is 3.05. The van der Waals surface area contributed by atoms with Crippen molar-refractivity contribution in [1.29, 1.82) is 0 Å². The van der Waals surface area contributed by atoms with Crippen LogP contribution in [0.5, 0.6) is 0 Å². The van der Waals surface area contributed by atoms with E-state index in [0.717, 1.165) is 0 Å².